The fourth-order valence-corrected chi connectivity index (χ4v) is 2.59. The fraction of sp³-hybridized carbons (Fsp3) is 0.562. The van der Waals surface area contributed by atoms with Gasteiger partial charge in [0.2, 0.25) is 5.91 Å². The van der Waals surface area contributed by atoms with Crippen LogP contribution in [0, 0.1) is 5.41 Å². The van der Waals surface area contributed by atoms with E-state index in [1.807, 2.05) is 38.2 Å². The fourth-order valence-electron chi connectivity index (χ4n) is 2.59. The topological polar surface area (TPSA) is 50.8 Å². The molecule has 21 heavy (non-hydrogen) atoms. The minimum atomic E-state index is -0.279. The lowest BCUT2D eigenvalue weighted by atomic mass is 9.88. The molecule has 116 valence electrons. The van der Waals surface area contributed by atoms with Crippen LogP contribution in [0.5, 0.6) is 11.5 Å². The summed E-state index contributed by atoms with van der Waals surface area (Å²) in [4.78, 5) is 14.2. The second kappa shape index (κ2) is 6.80. The molecular formula is C16H24N2O3. The number of nitrogens with zero attached hydrogens (tertiary/aromatic N) is 1. The van der Waals surface area contributed by atoms with E-state index in [9.17, 15) is 4.79 Å². The zero-order chi connectivity index (χ0) is 15.3. The normalized spacial score (nSPS) is 21.1. The standard InChI is InChI=1S/C16H24N2O3/c1-16(8-9-17-12-16)15(19)18(2)10-11-21-14-7-5-4-6-13(14)20-3/h4-7,17H,8-12H2,1-3H3/t16-/m1/s1. The Bertz CT molecular complexity index is 484. The number of hydrogen-bond acceptors (Lipinski definition) is 4. The molecule has 1 aliphatic heterocycles. The van der Waals surface area contributed by atoms with Crippen LogP contribution >= 0.6 is 0 Å². The summed E-state index contributed by atoms with van der Waals surface area (Å²) in [7, 11) is 3.45. The molecular weight excluding hydrogens is 268 g/mol. The molecule has 0 unspecified atom stereocenters. The van der Waals surface area contributed by atoms with Crippen molar-refractivity contribution in [2.75, 3.05) is 40.4 Å². The zero-order valence-electron chi connectivity index (χ0n) is 13.0. The number of rotatable bonds is 6. The number of para-hydroxylation sites is 2. The first-order chi connectivity index (χ1) is 10.1. The highest BCUT2D eigenvalue weighted by Gasteiger charge is 2.38. The van der Waals surface area contributed by atoms with E-state index in [0.717, 1.165) is 19.5 Å². The lowest BCUT2D eigenvalue weighted by Gasteiger charge is -2.28. The Morgan fingerprint density at radius 3 is 2.71 bits per heavy atom. The molecule has 1 heterocycles. The van der Waals surface area contributed by atoms with Gasteiger partial charge in [0, 0.05) is 13.6 Å². The maximum absolute atomic E-state index is 12.4. The van der Waals surface area contributed by atoms with Gasteiger partial charge >= 0.3 is 0 Å². The van der Waals surface area contributed by atoms with Crippen molar-refractivity contribution in [2.24, 2.45) is 5.41 Å². The average molecular weight is 292 g/mol. The van der Waals surface area contributed by atoms with Crippen molar-refractivity contribution >= 4 is 5.91 Å². The summed E-state index contributed by atoms with van der Waals surface area (Å²) in [6.07, 6.45) is 0.892. The van der Waals surface area contributed by atoms with Gasteiger partial charge in [-0.1, -0.05) is 12.1 Å². The average Bonchev–Trinajstić information content (AvgIpc) is 2.95. The number of ether oxygens (including phenoxy) is 2. The van der Waals surface area contributed by atoms with Crippen molar-refractivity contribution in [2.45, 2.75) is 13.3 Å². The maximum Gasteiger partial charge on any atom is 0.229 e. The van der Waals surface area contributed by atoms with E-state index in [-0.39, 0.29) is 11.3 Å². The molecule has 1 atom stereocenters. The third-order valence-corrected chi connectivity index (χ3v) is 3.99. The summed E-state index contributed by atoms with van der Waals surface area (Å²) >= 11 is 0. The van der Waals surface area contributed by atoms with Gasteiger partial charge < -0.3 is 19.7 Å². The predicted molar refractivity (Wildman–Crippen MR) is 81.7 cm³/mol. The molecule has 1 N–H and O–H groups in total. The molecule has 0 radical (unpaired) electrons. The molecule has 0 aliphatic carbocycles. The first kappa shape index (κ1) is 15.6. The summed E-state index contributed by atoms with van der Waals surface area (Å²) < 4.78 is 10.9. The minimum Gasteiger partial charge on any atom is -0.493 e. The molecule has 0 aromatic heterocycles. The summed E-state index contributed by atoms with van der Waals surface area (Å²) in [5, 5.41) is 3.25. The number of amides is 1. The summed E-state index contributed by atoms with van der Waals surface area (Å²) in [5.41, 5.74) is -0.279. The van der Waals surface area contributed by atoms with Crippen LogP contribution in [0.4, 0.5) is 0 Å². The van der Waals surface area contributed by atoms with Crippen LogP contribution in [0.2, 0.25) is 0 Å². The molecule has 0 spiro atoms. The number of carbonyl (C=O) groups is 1. The smallest absolute Gasteiger partial charge is 0.229 e. The van der Waals surface area contributed by atoms with Crippen molar-refractivity contribution in [3.8, 4) is 11.5 Å². The second-order valence-electron chi connectivity index (χ2n) is 5.71. The lowest BCUT2D eigenvalue weighted by molar-refractivity contribution is -0.139. The van der Waals surface area contributed by atoms with Crippen LogP contribution in [-0.4, -0.2) is 51.2 Å². The third-order valence-electron chi connectivity index (χ3n) is 3.99. The number of carbonyl (C=O) groups excluding carboxylic acids is 1. The molecule has 1 aromatic carbocycles. The monoisotopic (exact) mass is 292 g/mol. The van der Waals surface area contributed by atoms with Gasteiger partial charge in [-0.3, -0.25) is 4.79 Å². The van der Waals surface area contributed by atoms with Gasteiger partial charge in [-0.05, 0) is 32.0 Å². The maximum atomic E-state index is 12.4. The van der Waals surface area contributed by atoms with Gasteiger partial charge in [0.25, 0.3) is 0 Å². The highest BCUT2D eigenvalue weighted by atomic mass is 16.5. The molecule has 5 nitrogen and oxygen atoms in total. The van der Waals surface area contributed by atoms with Crippen LogP contribution in [0.3, 0.4) is 0 Å². The van der Waals surface area contributed by atoms with Crippen LogP contribution in [-0.2, 0) is 4.79 Å². The molecule has 2 rings (SSSR count). The molecule has 1 saturated heterocycles. The Labute approximate surface area is 126 Å². The van der Waals surface area contributed by atoms with E-state index in [4.69, 9.17) is 9.47 Å². The number of nitrogens with one attached hydrogen (secondary N) is 1. The van der Waals surface area contributed by atoms with Crippen LogP contribution < -0.4 is 14.8 Å². The van der Waals surface area contributed by atoms with E-state index in [0.29, 0.717) is 24.7 Å². The van der Waals surface area contributed by atoms with Crippen molar-refractivity contribution in [3.05, 3.63) is 24.3 Å². The van der Waals surface area contributed by atoms with E-state index in [2.05, 4.69) is 5.32 Å². The lowest BCUT2D eigenvalue weighted by Crippen LogP contribution is -2.43. The van der Waals surface area contributed by atoms with Crippen molar-refractivity contribution in [3.63, 3.8) is 0 Å². The first-order valence-corrected chi connectivity index (χ1v) is 7.29. The summed E-state index contributed by atoms with van der Waals surface area (Å²) in [6.45, 7) is 4.70. The van der Waals surface area contributed by atoms with Gasteiger partial charge in [0.1, 0.15) is 6.61 Å². The quantitative estimate of drug-likeness (QED) is 0.864. The van der Waals surface area contributed by atoms with Crippen molar-refractivity contribution in [1.82, 2.24) is 10.2 Å². The van der Waals surface area contributed by atoms with Crippen LogP contribution in [0.25, 0.3) is 0 Å². The van der Waals surface area contributed by atoms with Gasteiger partial charge in [-0.15, -0.1) is 0 Å². The van der Waals surface area contributed by atoms with E-state index >= 15 is 0 Å². The molecule has 1 fully saturated rings. The Morgan fingerprint density at radius 1 is 1.38 bits per heavy atom. The number of benzene rings is 1. The minimum absolute atomic E-state index is 0.177. The zero-order valence-corrected chi connectivity index (χ0v) is 13.0. The van der Waals surface area contributed by atoms with Crippen molar-refractivity contribution < 1.29 is 14.3 Å². The second-order valence-corrected chi connectivity index (χ2v) is 5.71. The number of methoxy groups -OCH3 is 1. The Balaban J connectivity index is 1.84. The first-order valence-electron chi connectivity index (χ1n) is 7.29. The molecule has 1 aliphatic rings. The van der Waals surface area contributed by atoms with E-state index in [1.54, 1.807) is 12.0 Å². The van der Waals surface area contributed by atoms with Gasteiger partial charge in [0.15, 0.2) is 11.5 Å². The van der Waals surface area contributed by atoms with Gasteiger partial charge in [0.05, 0.1) is 19.1 Å². The predicted octanol–water partition coefficient (Wildman–Crippen LogP) is 1.53. The molecule has 0 bridgehead atoms. The summed E-state index contributed by atoms with van der Waals surface area (Å²) in [6, 6.07) is 7.52. The Morgan fingerprint density at radius 2 is 2.10 bits per heavy atom. The van der Waals surface area contributed by atoms with Crippen molar-refractivity contribution in [1.29, 1.82) is 0 Å². The molecule has 1 amide bonds. The highest BCUT2D eigenvalue weighted by Crippen LogP contribution is 2.27. The largest absolute Gasteiger partial charge is 0.493 e. The van der Waals surface area contributed by atoms with Crippen LogP contribution in [0.1, 0.15) is 13.3 Å². The van der Waals surface area contributed by atoms with Crippen LogP contribution in [0.15, 0.2) is 24.3 Å². The Kier molecular flexibility index (Phi) is 5.07. The SMILES string of the molecule is COc1ccccc1OCCN(C)C(=O)[C@]1(C)CCNC1. The molecule has 0 saturated carbocycles. The van der Waals surface area contributed by atoms with Gasteiger partial charge in [-0.25, -0.2) is 0 Å². The number of likely N-dealkylation sites (N-methyl/N-ethyl adjacent to an activating group) is 1. The Hall–Kier alpha value is -1.75. The molecule has 5 heteroatoms. The summed E-state index contributed by atoms with van der Waals surface area (Å²) in [5.74, 6) is 1.59. The van der Waals surface area contributed by atoms with E-state index in [1.165, 1.54) is 0 Å². The van der Waals surface area contributed by atoms with Gasteiger partial charge in [-0.2, -0.15) is 0 Å². The van der Waals surface area contributed by atoms with E-state index < -0.39 is 0 Å². The third kappa shape index (κ3) is 3.67. The number of hydrogen-bond donors (Lipinski definition) is 1. The molecule has 1 aromatic rings. The highest BCUT2D eigenvalue weighted by molar-refractivity contribution is 5.82.